The van der Waals surface area contributed by atoms with Gasteiger partial charge in [0.05, 0.1) is 5.69 Å². The number of aromatic nitrogens is 3. The number of imidazole rings is 1. The Morgan fingerprint density at radius 3 is 2.82 bits per heavy atom. The normalized spacial score (nSPS) is 10.8. The molecule has 2 rings (SSSR count). The van der Waals surface area contributed by atoms with Gasteiger partial charge in [-0.15, -0.1) is 0 Å². The van der Waals surface area contributed by atoms with Crippen molar-refractivity contribution in [1.29, 1.82) is 0 Å². The first-order valence-electron chi connectivity index (χ1n) is 5.26. The van der Waals surface area contributed by atoms with E-state index in [0.29, 0.717) is 16.0 Å². The van der Waals surface area contributed by atoms with Gasteiger partial charge in [-0.05, 0) is 32.1 Å². The predicted molar refractivity (Wildman–Crippen MR) is 73.0 cm³/mol. The molecule has 0 radical (unpaired) electrons. The van der Waals surface area contributed by atoms with Gasteiger partial charge in [0.25, 0.3) is 0 Å². The van der Waals surface area contributed by atoms with E-state index in [1.807, 2.05) is 6.20 Å². The van der Waals surface area contributed by atoms with Gasteiger partial charge in [0.1, 0.15) is 5.15 Å². The fourth-order valence-electron chi connectivity index (χ4n) is 1.55. The average Bonchev–Trinajstić information content (AvgIpc) is 2.64. The van der Waals surface area contributed by atoms with E-state index in [9.17, 15) is 0 Å². The summed E-state index contributed by atoms with van der Waals surface area (Å²) in [5.41, 5.74) is 2.77. The minimum atomic E-state index is 0.314. The van der Waals surface area contributed by atoms with Gasteiger partial charge in [0.15, 0.2) is 4.77 Å². The highest BCUT2D eigenvalue weighted by Crippen LogP contribution is 2.28. The Bertz CT molecular complexity index is 573. The lowest BCUT2D eigenvalue weighted by Crippen LogP contribution is -2.10. The molecule has 0 aliphatic rings. The molecule has 0 aliphatic heterocycles. The molecule has 0 amide bonds. The average molecular weight is 269 g/mol. The van der Waals surface area contributed by atoms with Gasteiger partial charge in [-0.2, -0.15) is 0 Å². The Hall–Kier alpha value is -1.33. The van der Waals surface area contributed by atoms with Gasteiger partial charge >= 0.3 is 0 Å². The lowest BCUT2D eigenvalue weighted by atomic mass is 10.1. The minimum absolute atomic E-state index is 0.314. The van der Waals surface area contributed by atoms with E-state index < -0.39 is 0 Å². The zero-order valence-corrected chi connectivity index (χ0v) is 11.1. The molecule has 0 spiro atoms. The number of rotatable bonds is 3. The number of nitrogens with one attached hydrogen (secondary N) is 3. The highest BCUT2D eigenvalue weighted by atomic mass is 35.5. The predicted octanol–water partition coefficient (Wildman–Crippen LogP) is 3.61. The van der Waals surface area contributed by atoms with Crippen molar-refractivity contribution in [2.45, 2.75) is 19.9 Å². The SMILES string of the molecule is CC(C)Nc1cc(Cl)ncc1-c1c[nH]c(=S)[nH]1. The zero-order chi connectivity index (χ0) is 12.4. The third-order valence-electron chi connectivity index (χ3n) is 2.20. The molecule has 17 heavy (non-hydrogen) atoms. The van der Waals surface area contributed by atoms with E-state index in [1.165, 1.54) is 0 Å². The highest BCUT2D eigenvalue weighted by molar-refractivity contribution is 7.71. The molecule has 0 aliphatic carbocycles. The minimum Gasteiger partial charge on any atom is -0.382 e. The molecule has 2 aromatic heterocycles. The third kappa shape index (κ3) is 2.87. The zero-order valence-electron chi connectivity index (χ0n) is 9.54. The summed E-state index contributed by atoms with van der Waals surface area (Å²) in [5, 5.41) is 3.79. The Balaban J connectivity index is 2.49. The molecule has 0 aromatic carbocycles. The Labute approximate surface area is 109 Å². The Kier molecular flexibility index (Phi) is 3.49. The van der Waals surface area contributed by atoms with E-state index in [4.69, 9.17) is 23.8 Å². The fraction of sp³-hybridized carbons (Fsp3) is 0.273. The van der Waals surface area contributed by atoms with E-state index in [0.717, 1.165) is 16.9 Å². The van der Waals surface area contributed by atoms with Gasteiger partial charge in [-0.25, -0.2) is 4.98 Å². The molecule has 3 N–H and O–H groups in total. The maximum absolute atomic E-state index is 5.90. The molecule has 0 bridgehead atoms. The van der Waals surface area contributed by atoms with Crippen LogP contribution in [-0.4, -0.2) is 21.0 Å². The van der Waals surface area contributed by atoms with Crippen LogP contribution in [0.4, 0.5) is 5.69 Å². The van der Waals surface area contributed by atoms with Crippen LogP contribution in [0.1, 0.15) is 13.8 Å². The lowest BCUT2D eigenvalue weighted by molar-refractivity contribution is 0.899. The van der Waals surface area contributed by atoms with E-state index in [1.54, 1.807) is 12.3 Å². The van der Waals surface area contributed by atoms with E-state index >= 15 is 0 Å². The second-order valence-electron chi connectivity index (χ2n) is 4.01. The van der Waals surface area contributed by atoms with Crippen LogP contribution in [0, 0.1) is 4.77 Å². The highest BCUT2D eigenvalue weighted by Gasteiger charge is 2.09. The first-order chi connectivity index (χ1) is 8.06. The van der Waals surface area contributed by atoms with E-state index in [2.05, 4.69) is 34.1 Å². The molecule has 6 heteroatoms. The monoisotopic (exact) mass is 268 g/mol. The second-order valence-corrected chi connectivity index (χ2v) is 4.80. The number of H-pyrrole nitrogens is 2. The number of anilines is 1. The van der Waals surface area contributed by atoms with Crippen LogP contribution in [0.5, 0.6) is 0 Å². The number of hydrogen-bond acceptors (Lipinski definition) is 3. The fourth-order valence-corrected chi connectivity index (χ4v) is 1.88. The van der Waals surface area contributed by atoms with Gasteiger partial charge < -0.3 is 15.3 Å². The summed E-state index contributed by atoms with van der Waals surface area (Å²) in [6.45, 7) is 4.13. The van der Waals surface area contributed by atoms with E-state index in [-0.39, 0.29) is 0 Å². The maximum Gasteiger partial charge on any atom is 0.174 e. The van der Waals surface area contributed by atoms with Crippen LogP contribution in [0.2, 0.25) is 5.15 Å². The van der Waals surface area contributed by atoms with Crippen molar-refractivity contribution in [1.82, 2.24) is 15.0 Å². The maximum atomic E-state index is 5.90. The van der Waals surface area contributed by atoms with Crippen molar-refractivity contribution in [3.8, 4) is 11.3 Å². The first-order valence-corrected chi connectivity index (χ1v) is 6.05. The van der Waals surface area contributed by atoms with Crippen molar-refractivity contribution in [2.24, 2.45) is 0 Å². The first kappa shape index (κ1) is 12.1. The third-order valence-corrected chi connectivity index (χ3v) is 2.63. The molecular weight excluding hydrogens is 256 g/mol. The summed E-state index contributed by atoms with van der Waals surface area (Å²) in [5.74, 6) is 0. The largest absolute Gasteiger partial charge is 0.382 e. The Morgan fingerprint density at radius 2 is 2.24 bits per heavy atom. The molecule has 90 valence electrons. The van der Waals surface area contributed by atoms with Crippen molar-refractivity contribution in [2.75, 3.05) is 5.32 Å². The smallest absolute Gasteiger partial charge is 0.174 e. The van der Waals surface area contributed by atoms with Gasteiger partial charge in [0.2, 0.25) is 0 Å². The molecule has 2 aromatic rings. The Morgan fingerprint density at radius 1 is 1.47 bits per heavy atom. The summed E-state index contributed by atoms with van der Waals surface area (Å²) in [7, 11) is 0. The summed E-state index contributed by atoms with van der Waals surface area (Å²) >= 11 is 10.9. The molecule has 0 unspecified atom stereocenters. The standard InChI is InChI=1S/C11H13ClN4S/c1-6(2)15-8-3-10(12)13-4-7(8)9-5-14-11(17)16-9/h3-6H,1-2H3,(H,13,15)(H2,14,16,17). The number of aromatic amines is 2. The van der Waals surface area contributed by atoms with Gasteiger partial charge in [-0.3, -0.25) is 0 Å². The molecular formula is C11H13ClN4S. The summed E-state index contributed by atoms with van der Waals surface area (Å²) < 4.78 is 0.588. The quantitative estimate of drug-likeness (QED) is 0.589. The van der Waals surface area contributed by atoms with Gasteiger partial charge in [0, 0.05) is 29.7 Å². The second kappa shape index (κ2) is 4.89. The molecule has 0 saturated carbocycles. The van der Waals surface area contributed by atoms with Crippen molar-refractivity contribution in [3.63, 3.8) is 0 Å². The number of hydrogen-bond donors (Lipinski definition) is 3. The number of pyridine rings is 1. The molecule has 0 atom stereocenters. The van der Waals surface area contributed by atoms with Gasteiger partial charge in [-0.1, -0.05) is 11.6 Å². The van der Waals surface area contributed by atoms with Crippen LogP contribution in [0.25, 0.3) is 11.3 Å². The van der Waals surface area contributed by atoms with Crippen LogP contribution in [0.3, 0.4) is 0 Å². The molecule has 0 saturated heterocycles. The van der Waals surface area contributed by atoms with Crippen LogP contribution < -0.4 is 5.32 Å². The van der Waals surface area contributed by atoms with Crippen molar-refractivity contribution >= 4 is 29.5 Å². The lowest BCUT2D eigenvalue weighted by Gasteiger charge is -2.13. The van der Waals surface area contributed by atoms with Crippen LogP contribution in [0.15, 0.2) is 18.5 Å². The number of halogens is 1. The topological polar surface area (TPSA) is 56.5 Å². The number of nitrogens with zero attached hydrogens (tertiary/aromatic N) is 1. The van der Waals surface area contributed by atoms with Crippen LogP contribution >= 0.6 is 23.8 Å². The molecule has 2 heterocycles. The molecule has 0 fully saturated rings. The van der Waals surface area contributed by atoms with Crippen molar-refractivity contribution < 1.29 is 0 Å². The summed E-state index contributed by atoms with van der Waals surface area (Å²) in [6.07, 6.45) is 3.54. The summed E-state index contributed by atoms with van der Waals surface area (Å²) in [6, 6.07) is 2.12. The van der Waals surface area contributed by atoms with Crippen LogP contribution in [-0.2, 0) is 0 Å². The van der Waals surface area contributed by atoms with Crippen molar-refractivity contribution in [3.05, 3.63) is 28.4 Å². The summed E-state index contributed by atoms with van der Waals surface area (Å²) in [4.78, 5) is 10.1. The molecule has 4 nitrogen and oxygen atoms in total.